The molecule has 9 nitrogen and oxygen atoms in total. The van der Waals surface area contributed by atoms with Gasteiger partial charge in [-0.05, 0) is 65.1 Å². The normalized spacial score (nSPS) is 18.8. The number of nitrogens with one attached hydrogen (secondary N) is 1. The number of hydrogen-bond acceptors (Lipinski definition) is 7. The number of benzene rings is 2. The molecule has 0 bridgehead atoms. The van der Waals surface area contributed by atoms with Crippen LogP contribution in [0.1, 0.15) is 32.7 Å². The first kappa shape index (κ1) is 34.1. The largest absolute Gasteiger partial charge is 0.493 e. The second kappa shape index (κ2) is 13.9. The lowest BCUT2D eigenvalue weighted by Crippen LogP contribution is -2.57. The number of halogens is 7. The molecule has 0 unspecified atom stereocenters. The van der Waals surface area contributed by atoms with Crippen molar-refractivity contribution in [2.24, 2.45) is 0 Å². The van der Waals surface area contributed by atoms with Gasteiger partial charge >= 0.3 is 12.4 Å². The van der Waals surface area contributed by atoms with Gasteiger partial charge in [0, 0.05) is 29.7 Å². The maximum Gasteiger partial charge on any atom is 0.416 e. The Morgan fingerprint density at radius 2 is 1.79 bits per heavy atom. The van der Waals surface area contributed by atoms with Gasteiger partial charge in [0.05, 0.1) is 28.9 Å². The van der Waals surface area contributed by atoms with E-state index in [2.05, 4.69) is 5.32 Å². The van der Waals surface area contributed by atoms with E-state index in [1.54, 1.807) is 22.6 Å². The molecule has 2 amide bonds. The van der Waals surface area contributed by atoms with E-state index in [-0.39, 0.29) is 34.1 Å². The molecule has 0 saturated carbocycles. The van der Waals surface area contributed by atoms with Crippen LogP contribution < -0.4 is 14.8 Å². The van der Waals surface area contributed by atoms with Gasteiger partial charge in [-0.1, -0.05) is 0 Å². The van der Waals surface area contributed by atoms with Crippen molar-refractivity contribution in [3.8, 4) is 11.5 Å². The summed E-state index contributed by atoms with van der Waals surface area (Å²) in [6.45, 7) is -2.59. The summed E-state index contributed by atoms with van der Waals surface area (Å²) < 4.78 is 91.8. The van der Waals surface area contributed by atoms with Gasteiger partial charge in [-0.25, -0.2) is 0 Å². The first-order valence-corrected chi connectivity index (χ1v) is 13.5. The number of methoxy groups -OCH3 is 1. The Morgan fingerprint density at radius 1 is 1.14 bits per heavy atom. The van der Waals surface area contributed by atoms with Crippen LogP contribution in [0.15, 0.2) is 48.0 Å². The van der Waals surface area contributed by atoms with E-state index in [0.29, 0.717) is 34.1 Å². The number of nitrogens with zero attached hydrogens (tertiary/aromatic N) is 1. The molecule has 234 valence electrons. The number of aliphatic hydroxyl groups excluding tert-OH is 2. The molecule has 0 aromatic heterocycles. The molecule has 0 spiro atoms. The zero-order chi connectivity index (χ0) is 32.1. The number of rotatable bonds is 10. The fourth-order valence-electron chi connectivity index (χ4n) is 4.34. The summed E-state index contributed by atoms with van der Waals surface area (Å²) in [5, 5.41) is 22.7. The topological polar surface area (TPSA) is 125 Å². The first-order chi connectivity index (χ1) is 20.1. The van der Waals surface area contributed by atoms with Gasteiger partial charge in [0.2, 0.25) is 5.91 Å². The average Bonchev–Trinajstić information content (AvgIpc) is 2.95. The zero-order valence-corrected chi connectivity index (χ0v) is 24.4. The number of amides is 2. The fraction of sp³-hybridized carbons (Fsp3) is 0.370. The standard InChI is InChI=1S/C27H25F6IN2O7/c1-42-21-9-14(12-38)8-18(34)23(21)43-20-11-16(24(40)35-6-7-37)10-19(22(20)39)36(13-26(28,29)30)25(41)15-2-4-17(5-3-15)27(31,32)33/h2-5,8-9,11-12,19-20,22,37,39H,6-7,10,13H2,1H3,(H,35,40)/t19-,20+,22+/m1/s1. The Bertz CT molecular complexity index is 1370. The lowest BCUT2D eigenvalue weighted by Gasteiger charge is -2.40. The smallest absolute Gasteiger partial charge is 0.416 e. The van der Waals surface area contributed by atoms with E-state index < -0.39 is 73.1 Å². The van der Waals surface area contributed by atoms with Crippen LogP contribution in [0.5, 0.6) is 11.5 Å². The lowest BCUT2D eigenvalue weighted by molar-refractivity contribution is -0.151. The molecule has 0 saturated heterocycles. The molecule has 16 heteroatoms. The highest BCUT2D eigenvalue weighted by molar-refractivity contribution is 14.1. The quantitative estimate of drug-likeness (QED) is 0.193. The number of ether oxygens (including phenoxy) is 2. The molecule has 0 heterocycles. The van der Waals surface area contributed by atoms with Crippen molar-refractivity contribution >= 4 is 40.7 Å². The highest BCUT2D eigenvalue weighted by Crippen LogP contribution is 2.37. The minimum atomic E-state index is -5.01. The summed E-state index contributed by atoms with van der Waals surface area (Å²) in [6.07, 6.45) is -12.1. The van der Waals surface area contributed by atoms with E-state index >= 15 is 0 Å². The third-order valence-corrected chi connectivity index (χ3v) is 7.13. The number of alkyl halides is 6. The minimum absolute atomic E-state index is 0.0241. The first-order valence-electron chi connectivity index (χ1n) is 12.4. The van der Waals surface area contributed by atoms with Crippen LogP contribution >= 0.6 is 22.6 Å². The van der Waals surface area contributed by atoms with E-state index in [0.717, 1.165) is 6.08 Å². The van der Waals surface area contributed by atoms with Crippen molar-refractivity contribution in [1.82, 2.24) is 10.2 Å². The van der Waals surface area contributed by atoms with Crippen LogP contribution in [0.25, 0.3) is 0 Å². The molecule has 3 rings (SSSR count). The highest BCUT2D eigenvalue weighted by Gasteiger charge is 2.45. The van der Waals surface area contributed by atoms with Crippen LogP contribution in [-0.2, 0) is 11.0 Å². The summed E-state index contributed by atoms with van der Waals surface area (Å²) in [5.41, 5.74) is -1.65. The molecule has 3 N–H and O–H groups in total. The van der Waals surface area contributed by atoms with E-state index in [9.17, 15) is 45.8 Å². The van der Waals surface area contributed by atoms with E-state index in [4.69, 9.17) is 14.6 Å². The van der Waals surface area contributed by atoms with Gasteiger partial charge in [-0.15, -0.1) is 0 Å². The van der Waals surface area contributed by atoms with Crippen molar-refractivity contribution in [2.75, 3.05) is 26.8 Å². The van der Waals surface area contributed by atoms with Gasteiger partial charge in [0.1, 0.15) is 25.0 Å². The van der Waals surface area contributed by atoms with Crippen LogP contribution in [0, 0.1) is 3.57 Å². The molecule has 2 aromatic rings. The van der Waals surface area contributed by atoms with Crippen molar-refractivity contribution in [2.45, 2.75) is 37.0 Å². The van der Waals surface area contributed by atoms with Crippen molar-refractivity contribution < 1.29 is 60.4 Å². The van der Waals surface area contributed by atoms with Crippen molar-refractivity contribution in [1.29, 1.82) is 0 Å². The average molecular weight is 730 g/mol. The second-order valence-electron chi connectivity index (χ2n) is 9.29. The van der Waals surface area contributed by atoms with Crippen LogP contribution in [-0.4, -0.2) is 84.4 Å². The molecule has 43 heavy (non-hydrogen) atoms. The maximum atomic E-state index is 13.8. The summed E-state index contributed by atoms with van der Waals surface area (Å²) in [7, 11) is 1.25. The Morgan fingerprint density at radius 3 is 2.33 bits per heavy atom. The lowest BCUT2D eigenvalue weighted by atomic mass is 9.87. The molecule has 0 fully saturated rings. The molecular formula is C27H25F6IN2O7. The van der Waals surface area contributed by atoms with E-state index in [1.165, 1.54) is 19.2 Å². The van der Waals surface area contributed by atoms with Crippen LogP contribution in [0.2, 0.25) is 0 Å². The van der Waals surface area contributed by atoms with Gasteiger partial charge in [-0.2, -0.15) is 26.3 Å². The van der Waals surface area contributed by atoms with Gasteiger partial charge in [-0.3, -0.25) is 14.4 Å². The molecule has 0 aliphatic heterocycles. The zero-order valence-electron chi connectivity index (χ0n) is 22.2. The van der Waals surface area contributed by atoms with E-state index in [1.807, 2.05) is 0 Å². The van der Waals surface area contributed by atoms with Crippen LogP contribution in [0.3, 0.4) is 0 Å². The molecule has 1 aliphatic rings. The number of carbonyl (C=O) groups is 3. The molecule has 2 aromatic carbocycles. The third-order valence-electron chi connectivity index (χ3n) is 6.33. The molecule has 3 atom stereocenters. The van der Waals surface area contributed by atoms with Crippen molar-refractivity contribution in [3.05, 3.63) is 68.3 Å². The fourth-order valence-corrected chi connectivity index (χ4v) is 5.09. The molecular weight excluding hydrogens is 705 g/mol. The Labute approximate surface area is 254 Å². The van der Waals surface area contributed by atoms with Gasteiger partial charge in [0.15, 0.2) is 11.5 Å². The Hall–Kier alpha value is -3.38. The second-order valence-corrected chi connectivity index (χ2v) is 10.5. The van der Waals surface area contributed by atoms with Crippen LogP contribution in [0.4, 0.5) is 26.3 Å². The van der Waals surface area contributed by atoms with Gasteiger partial charge < -0.3 is 29.9 Å². The summed E-state index contributed by atoms with van der Waals surface area (Å²) in [4.78, 5) is 37.7. The maximum absolute atomic E-state index is 13.8. The minimum Gasteiger partial charge on any atom is -0.493 e. The van der Waals surface area contributed by atoms with Crippen molar-refractivity contribution in [3.63, 3.8) is 0 Å². The SMILES string of the molecule is COc1cc(C=O)cc(I)c1O[C@H]1C=C(C(=O)NCCO)C[C@@H](N(CC(F)(F)F)C(=O)c2ccc(C(F)(F)F)cc2)[C@@H]1O. The predicted molar refractivity (Wildman–Crippen MR) is 147 cm³/mol. The number of carbonyl (C=O) groups excluding carboxylic acids is 3. The molecule has 1 aliphatic carbocycles. The number of aldehydes is 1. The number of aliphatic hydroxyl groups is 2. The summed E-state index contributed by atoms with van der Waals surface area (Å²) in [6, 6.07) is 3.45. The molecule has 0 radical (unpaired) electrons. The predicted octanol–water partition coefficient (Wildman–Crippen LogP) is 3.75. The highest BCUT2D eigenvalue weighted by atomic mass is 127. The summed E-state index contributed by atoms with van der Waals surface area (Å²) in [5.74, 6) is -2.18. The van der Waals surface area contributed by atoms with Gasteiger partial charge in [0.25, 0.3) is 5.91 Å². The Balaban J connectivity index is 2.08. The number of hydrogen-bond donors (Lipinski definition) is 3. The third kappa shape index (κ3) is 8.60. The Kier molecular flexibility index (Phi) is 11.1. The monoisotopic (exact) mass is 730 g/mol. The summed E-state index contributed by atoms with van der Waals surface area (Å²) >= 11 is 1.79.